The van der Waals surface area contributed by atoms with E-state index in [9.17, 15) is 9.59 Å². The summed E-state index contributed by atoms with van der Waals surface area (Å²) in [5.74, 6) is 0.440. The molecule has 1 aromatic heterocycles. The van der Waals surface area contributed by atoms with Crippen molar-refractivity contribution in [1.82, 2.24) is 20.1 Å². The Morgan fingerprint density at radius 2 is 1.77 bits per heavy atom. The van der Waals surface area contributed by atoms with Crippen LogP contribution in [-0.4, -0.2) is 65.2 Å². The molecule has 10 heteroatoms. The number of carbonyl (C=O) groups is 2. The average molecular weight is 433 g/mol. The number of anilines is 2. The highest BCUT2D eigenvalue weighted by Gasteiger charge is 2.19. The molecule has 1 aliphatic heterocycles. The van der Waals surface area contributed by atoms with Crippen LogP contribution in [-0.2, 0) is 21.4 Å². The van der Waals surface area contributed by atoms with Crippen molar-refractivity contribution in [1.29, 1.82) is 0 Å². The van der Waals surface area contributed by atoms with Gasteiger partial charge in [0.25, 0.3) is 0 Å². The number of aromatic nitrogens is 3. The molecule has 0 bridgehead atoms. The van der Waals surface area contributed by atoms with E-state index >= 15 is 0 Å². The predicted molar refractivity (Wildman–Crippen MR) is 117 cm³/mol. The third-order valence-corrected chi connectivity index (χ3v) is 5.85. The number of ether oxygens (including phenoxy) is 1. The normalized spacial score (nSPS) is 13.9. The molecular formula is C20H28N6O3S. The Balaban J connectivity index is 1.46. The Morgan fingerprint density at radius 1 is 1.10 bits per heavy atom. The molecule has 1 aliphatic rings. The summed E-state index contributed by atoms with van der Waals surface area (Å²) in [6, 6.07) is 4.04. The lowest BCUT2D eigenvalue weighted by atomic mass is 10.1. The zero-order valence-electron chi connectivity index (χ0n) is 17.8. The van der Waals surface area contributed by atoms with Gasteiger partial charge in [-0.25, -0.2) is 0 Å². The van der Waals surface area contributed by atoms with Crippen molar-refractivity contribution in [2.45, 2.75) is 25.9 Å². The molecule has 0 saturated carbocycles. The van der Waals surface area contributed by atoms with Crippen LogP contribution in [0.4, 0.5) is 11.6 Å². The van der Waals surface area contributed by atoms with Crippen LogP contribution in [0.15, 0.2) is 17.3 Å². The number of hydrogen-bond donors (Lipinski definition) is 2. The van der Waals surface area contributed by atoms with Gasteiger partial charge in [0.15, 0.2) is 5.16 Å². The molecule has 30 heavy (non-hydrogen) atoms. The number of carbonyl (C=O) groups excluding carboxylic acids is 2. The predicted octanol–water partition coefficient (Wildman–Crippen LogP) is 1.42. The Hall–Kier alpha value is -2.59. The maximum absolute atomic E-state index is 12.2. The van der Waals surface area contributed by atoms with E-state index in [4.69, 9.17) is 4.74 Å². The number of aryl methyl sites for hydroxylation is 3. The number of nitrogens with one attached hydrogen (secondary N) is 2. The van der Waals surface area contributed by atoms with Gasteiger partial charge < -0.3 is 20.3 Å². The van der Waals surface area contributed by atoms with Gasteiger partial charge in [-0.2, -0.15) is 0 Å². The SMILES string of the molecule is Cc1cc(C)c(NC(=O)CNC(=O)CSc2nnc(N3CCOCC3)n2C)c(C)c1. The van der Waals surface area contributed by atoms with E-state index in [-0.39, 0.29) is 24.1 Å². The Bertz CT molecular complexity index is 900. The summed E-state index contributed by atoms with van der Waals surface area (Å²) >= 11 is 1.29. The second kappa shape index (κ2) is 9.94. The van der Waals surface area contributed by atoms with E-state index in [0.29, 0.717) is 18.4 Å². The van der Waals surface area contributed by atoms with Gasteiger partial charge in [0.05, 0.1) is 25.5 Å². The van der Waals surface area contributed by atoms with Crippen LogP contribution in [0.2, 0.25) is 0 Å². The number of rotatable bonds is 7. The van der Waals surface area contributed by atoms with Crippen molar-refractivity contribution in [2.24, 2.45) is 7.05 Å². The van der Waals surface area contributed by atoms with Crippen LogP contribution in [0, 0.1) is 20.8 Å². The van der Waals surface area contributed by atoms with Crippen LogP contribution >= 0.6 is 11.8 Å². The molecule has 1 saturated heterocycles. The topological polar surface area (TPSA) is 101 Å². The van der Waals surface area contributed by atoms with Crippen molar-refractivity contribution in [3.05, 3.63) is 28.8 Å². The van der Waals surface area contributed by atoms with E-state index in [1.165, 1.54) is 11.8 Å². The molecule has 3 rings (SSSR count). The molecule has 2 aromatic rings. The lowest BCUT2D eigenvalue weighted by molar-refractivity contribution is -0.122. The summed E-state index contributed by atoms with van der Waals surface area (Å²) in [7, 11) is 1.88. The quantitative estimate of drug-likeness (QED) is 0.638. The van der Waals surface area contributed by atoms with Gasteiger partial charge >= 0.3 is 0 Å². The molecule has 2 amide bonds. The number of nitrogens with zero attached hydrogens (tertiary/aromatic N) is 4. The fraction of sp³-hybridized carbons (Fsp3) is 0.500. The minimum atomic E-state index is -0.253. The smallest absolute Gasteiger partial charge is 0.243 e. The summed E-state index contributed by atoms with van der Waals surface area (Å²) in [5, 5.41) is 14.6. The van der Waals surface area contributed by atoms with Crippen molar-refractivity contribution in [2.75, 3.05) is 48.8 Å². The van der Waals surface area contributed by atoms with Crippen LogP contribution in [0.1, 0.15) is 16.7 Å². The molecule has 162 valence electrons. The largest absolute Gasteiger partial charge is 0.378 e. The minimum absolute atomic E-state index is 0.0794. The maximum Gasteiger partial charge on any atom is 0.243 e. The van der Waals surface area contributed by atoms with Gasteiger partial charge in [0.2, 0.25) is 17.8 Å². The first-order chi connectivity index (χ1) is 14.3. The second-order valence-electron chi connectivity index (χ2n) is 7.33. The molecule has 9 nitrogen and oxygen atoms in total. The molecule has 1 fully saturated rings. The number of hydrogen-bond acceptors (Lipinski definition) is 7. The van der Waals surface area contributed by atoms with Crippen molar-refractivity contribution < 1.29 is 14.3 Å². The molecule has 2 heterocycles. The van der Waals surface area contributed by atoms with Gasteiger partial charge in [-0.1, -0.05) is 29.5 Å². The average Bonchev–Trinajstić information content (AvgIpc) is 3.08. The first-order valence-corrected chi connectivity index (χ1v) is 10.8. The molecule has 0 radical (unpaired) electrons. The number of benzene rings is 1. The first-order valence-electron chi connectivity index (χ1n) is 9.84. The van der Waals surface area contributed by atoms with Crippen molar-refractivity contribution in [3.8, 4) is 0 Å². The highest BCUT2D eigenvalue weighted by molar-refractivity contribution is 7.99. The van der Waals surface area contributed by atoms with Gasteiger partial charge in [-0.3, -0.25) is 14.2 Å². The summed E-state index contributed by atoms with van der Waals surface area (Å²) in [5.41, 5.74) is 3.94. The zero-order chi connectivity index (χ0) is 21.7. The summed E-state index contributed by atoms with van der Waals surface area (Å²) < 4.78 is 7.23. The lowest BCUT2D eigenvalue weighted by Gasteiger charge is -2.27. The number of amides is 2. The standard InChI is InChI=1S/C20H28N6O3S/c1-13-9-14(2)18(15(3)10-13)22-16(27)11-21-17(28)12-30-20-24-23-19(25(20)4)26-5-7-29-8-6-26/h9-10H,5-8,11-12H2,1-4H3,(H,21,28)(H,22,27). The van der Waals surface area contributed by atoms with Gasteiger partial charge in [-0.15, -0.1) is 10.2 Å². The third kappa shape index (κ3) is 5.51. The second-order valence-corrected chi connectivity index (χ2v) is 8.27. The Kier molecular flexibility index (Phi) is 7.33. The van der Waals surface area contributed by atoms with Crippen LogP contribution in [0.25, 0.3) is 0 Å². The van der Waals surface area contributed by atoms with E-state index < -0.39 is 0 Å². The molecule has 2 N–H and O–H groups in total. The fourth-order valence-electron chi connectivity index (χ4n) is 3.39. The molecule has 1 aromatic carbocycles. The highest BCUT2D eigenvalue weighted by Crippen LogP contribution is 2.22. The summed E-state index contributed by atoms with van der Waals surface area (Å²) in [6.07, 6.45) is 0. The minimum Gasteiger partial charge on any atom is -0.378 e. The van der Waals surface area contributed by atoms with Crippen molar-refractivity contribution >= 4 is 35.2 Å². The van der Waals surface area contributed by atoms with Crippen LogP contribution in [0.3, 0.4) is 0 Å². The maximum atomic E-state index is 12.2. The van der Waals surface area contributed by atoms with Crippen LogP contribution < -0.4 is 15.5 Å². The van der Waals surface area contributed by atoms with E-state index in [1.807, 2.05) is 44.5 Å². The highest BCUT2D eigenvalue weighted by atomic mass is 32.2. The third-order valence-electron chi connectivity index (χ3n) is 4.83. The molecule has 0 spiro atoms. The van der Waals surface area contributed by atoms with Crippen LogP contribution in [0.5, 0.6) is 0 Å². The molecule has 0 aliphatic carbocycles. The van der Waals surface area contributed by atoms with Gasteiger partial charge in [-0.05, 0) is 31.9 Å². The summed E-state index contributed by atoms with van der Waals surface area (Å²) in [4.78, 5) is 26.5. The lowest BCUT2D eigenvalue weighted by Crippen LogP contribution is -2.37. The molecule has 0 unspecified atom stereocenters. The molecule has 0 atom stereocenters. The van der Waals surface area contributed by atoms with Gasteiger partial charge in [0, 0.05) is 25.8 Å². The number of thioether (sulfide) groups is 1. The molecular weight excluding hydrogens is 404 g/mol. The Labute approximate surface area is 180 Å². The van der Waals surface area contributed by atoms with E-state index in [0.717, 1.165) is 41.4 Å². The number of morpholine rings is 1. The van der Waals surface area contributed by atoms with Gasteiger partial charge in [0.1, 0.15) is 0 Å². The van der Waals surface area contributed by atoms with E-state index in [2.05, 4.69) is 25.7 Å². The summed E-state index contributed by atoms with van der Waals surface area (Å²) in [6.45, 7) is 8.73. The van der Waals surface area contributed by atoms with E-state index in [1.54, 1.807) is 0 Å². The monoisotopic (exact) mass is 432 g/mol. The Morgan fingerprint density at radius 3 is 2.43 bits per heavy atom. The fourth-order valence-corrected chi connectivity index (χ4v) is 4.13. The first kappa shape index (κ1) is 22.1. The van der Waals surface area contributed by atoms with Crippen molar-refractivity contribution in [3.63, 3.8) is 0 Å². The zero-order valence-corrected chi connectivity index (χ0v) is 18.6.